The summed E-state index contributed by atoms with van der Waals surface area (Å²) < 4.78 is 11.9. The monoisotopic (exact) mass is 435 g/mol. The van der Waals surface area contributed by atoms with Gasteiger partial charge >= 0.3 is 6.01 Å². The average Bonchev–Trinajstić information content (AvgIpc) is 3.04. The van der Waals surface area contributed by atoms with Crippen molar-refractivity contribution >= 4 is 34.5 Å². The number of hydrogen-bond donors (Lipinski definition) is 1. The summed E-state index contributed by atoms with van der Waals surface area (Å²) in [4.78, 5) is 12.2. The second-order valence-corrected chi connectivity index (χ2v) is 6.08. The molecule has 0 aliphatic rings. The number of rotatable bonds is 5. The largest absolute Gasteiger partial charge is 0.494 e. The molecule has 0 spiro atoms. The van der Waals surface area contributed by atoms with Gasteiger partial charge in [0.25, 0.3) is 5.91 Å². The van der Waals surface area contributed by atoms with Gasteiger partial charge in [-0.15, -0.1) is 5.10 Å². The number of nitrogens with zero attached hydrogens (tertiary/aromatic N) is 2. The van der Waals surface area contributed by atoms with Crippen molar-refractivity contribution in [1.29, 1.82) is 0 Å². The van der Waals surface area contributed by atoms with Crippen molar-refractivity contribution in [3.63, 3.8) is 0 Å². The Morgan fingerprint density at radius 3 is 2.71 bits per heavy atom. The van der Waals surface area contributed by atoms with Crippen LogP contribution in [0.25, 0.3) is 11.5 Å². The van der Waals surface area contributed by atoms with Crippen molar-refractivity contribution < 1.29 is 13.9 Å². The first-order valence-corrected chi connectivity index (χ1v) is 8.37. The molecule has 0 fully saturated rings. The van der Waals surface area contributed by atoms with Crippen LogP contribution < -0.4 is 10.1 Å². The molecule has 24 heavy (non-hydrogen) atoms. The minimum Gasteiger partial charge on any atom is -0.494 e. The molecule has 0 bridgehead atoms. The topological polar surface area (TPSA) is 77.3 Å². The highest BCUT2D eigenvalue weighted by molar-refractivity contribution is 14.1. The van der Waals surface area contributed by atoms with Crippen LogP contribution in [0.3, 0.4) is 0 Å². The average molecular weight is 435 g/mol. The van der Waals surface area contributed by atoms with E-state index >= 15 is 0 Å². The maximum Gasteiger partial charge on any atom is 0.322 e. The van der Waals surface area contributed by atoms with Crippen molar-refractivity contribution in [2.24, 2.45) is 0 Å². The van der Waals surface area contributed by atoms with E-state index in [0.29, 0.717) is 18.1 Å². The van der Waals surface area contributed by atoms with Gasteiger partial charge in [-0.2, -0.15) is 0 Å². The number of anilines is 1. The third kappa shape index (κ3) is 3.91. The van der Waals surface area contributed by atoms with E-state index in [1.54, 1.807) is 12.1 Å². The standard InChI is InChI=1S/C17H14IN3O3/c1-2-23-14-8-6-11(7-9-14)16-20-21-17(24-16)19-15(22)12-4-3-5-13(18)10-12/h3-10H,2H2,1H3,(H,19,21,22). The number of hydrogen-bond acceptors (Lipinski definition) is 5. The fourth-order valence-corrected chi connectivity index (χ4v) is 2.59. The highest BCUT2D eigenvalue weighted by atomic mass is 127. The number of ether oxygens (including phenoxy) is 1. The Hall–Kier alpha value is -2.42. The van der Waals surface area contributed by atoms with Crippen LogP contribution in [0.1, 0.15) is 17.3 Å². The fourth-order valence-electron chi connectivity index (χ4n) is 2.05. The molecular formula is C17H14IN3O3. The molecule has 0 radical (unpaired) electrons. The quantitative estimate of drug-likeness (QED) is 0.614. The van der Waals surface area contributed by atoms with Crippen LogP contribution >= 0.6 is 22.6 Å². The molecule has 122 valence electrons. The molecule has 0 aliphatic carbocycles. The van der Waals surface area contributed by atoms with Gasteiger partial charge in [0.2, 0.25) is 5.89 Å². The van der Waals surface area contributed by atoms with Crippen LogP contribution in [0.2, 0.25) is 0 Å². The van der Waals surface area contributed by atoms with E-state index in [4.69, 9.17) is 9.15 Å². The van der Waals surface area contributed by atoms with E-state index in [1.807, 2.05) is 43.3 Å². The summed E-state index contributed by atoms with van der Waals surface area (Å²) in [7, 11) is 0. The third-order valence-corrected chi connectivity index (χ3v) is 3.82. The zero-order chi connectivity index (χ0) is 16.9. The first-order valence-electron chi connectivity index (χ1n) is 7.29. The minimum absolute atomic E-state index is 0.0581. The summed E-state index contributed by atoms with van der Waals surface area (Å²) in [5.74, 6) is 0.805. The first-order chi connectivity index (χ1) is 11.7. The van der Waals surface area contributed by atoms with E-state index in [1.165, 1.54) is 0 Å². The summed E-state index contributed by atoms with van der Waals surface area (Å²) in [6.07, 6.45) is 0. The van der Waals surface area contributed by atoms with E-state index in [0.717, 1.165) is 14.9 Å². The molecule has 0 saturated carbocycles. The van der Waals surface area contributed by atoms with Gasteiger partial charge in [0.05, 0.1) is 6.61 Å². The molecular weight excluding hydrogens is 421 g/mol. The Balaban J connectivity index is 1.72. The normalized spacial score (nSPS) is 10.4. The zero-order valence-corrected chi connectivity index (χ0v) is 15.0. The van der Waals surface area contributed by atoms with Crippen molar-refractivity contribution in [2.45, 2.75) is 6.92 Å². The molecule has 0 unspecified atom stereocenters. The van der Waals surface area contributed by atoms with E-state index in [9.17, 15) is 4.79 Å². The van der Waals surface area contributed by atoms with Crippen LogP contribution in [-0.2, 0) is 0 Å². The van der Waals surface area contributed by atoms with Gasteiger partial charge in [0.1, 0.15) is 5.75 Å². The Bertz CT molecular complexity index is 846. The SMILES string of the molecule is CCOc1ccc(-c2nnc(NC(=O)c3cccc(I)c3)o2)cc1. The fraction of sp³-hybridized carbons (Fsp3) is 0.118. The van der Waals surface area contributed by atoms with Crippen LogP contribution in [0.4, 0.5) is 6.01 Å². The van der Waals surface area contributed by atoms with Crippen LogP contribution in [-0.4, -0.2) is 22.7 Å². The Morgan fingerprint density at radius 2 is 2.00 bits per heavy atom. The second-order valence-electron chi connectivity index (χ2n) is 4.83. The van der Waals surface area contributed by atoms with Crippen molar-refractivity contribution in [1.82, 2.24) is 10.2 Å². The summed E-state index contributed by atoms with van der Waals surface area (Å²) in [5, 5.41) is 10.4. The lowest BCUT2D eigenvalue weighted by atomic mass is 10.2. The molecule has 0 saturated heterocycles. The smallest absolute Gasteiger partial charge is 0.322 e. The molecule has 1 amide bonds. The van der Waals surface area contributed by atoms with E-state index in [-0.39, 0.29) is 11.9 Å². The number of halogens is 1. The van der Waals surface area contributed by atoms with Gasteiger partial charge in [0, 0.05) is 14.7 Å². The van der Waals surface area contributed by atoms with E-state index < -0.39 is 0 Å². The van der Waals surface area contributed by atoms with Crippen molar-refractivity contribution in [3.8, 4) is 17.2 Å². The molecule has 6 nitrogen and oxygen atoms in total. The predicted octanol–water partition coefficient (Wildman–Crippen LogP) is 3.99. The molecule has 2 aromatic carbocycles. The molecule has 1 heterocycles. The third-order valence-electron chi connectivity index (χ3n) is 3.14. The molecule has 7 heteroatoms. The zero-order valence-electron chi connectivity index (χ0n) is 12.8. The Morgan fingerprint density at radius 1 is 1.21 bits per heavy atom. The lowest BCUT2D eigenvalue weighted by molar-refractivity contribution is 0.102. The number of carbonyl (C=O) groups excluding carboxylic acids is 1. The van der Waals surface area contributed by atoms with Crippen molar-refractivity contribution in [3.05, 3.63) is 57.7 Å². The van der Waals surface area contributed by atoms with E-state index in [2.05, 4.69) is 38.1 Å². The minimum atomic E-state index is -0.296. The lowest BCUT2D eigenvalue weighted by Gasteiger charge is -2.02. The van der Waals surface area contributed by atoms with Crippen LogP contribution in [0.15, 0.2) is 52.9 Å². The van der Waals surface area contributed by atoms with Crippen LogP contribution in [0, 0.1) is 3.57 Å². The highest BCUT2D eigenvalue weighted by Gasteiger charge is 2.13. The van der Waals surface area contributed by atoms with Gasteiger partial charge in [0.15, 0.2) is 0 Å². The predicted molar refractivity (Wildman–Crippen MR) is 98.0 cm³/mol. The molecule has 1 aromatic heterocycles. The van der Waals surface area contributed by atoms with Gasteiger partial charge in [-0.1, -0.05) is 11.2 Å². The summed E-state index contributed by atoms with van der Waals surface area (Å²) in [6, 6.07) is 14.6. The molecule has 0 atom stereocenters. The number of benzene rings is 2. The molecule has 3 aromatic rings. The van der Waals surface area contributed by atoms with Gasteiger partial charge < -0.3 is 9.15 Å². The lowest BCUT2D eigenvalue weighted by Crippen LogP contribution is -2.12. The number of aromatic nitrogens is 2. The number of nitrogens with one attached hydrogen (secondary N) is 1. The Kier molecular flexibility index (Phi) is 5.09. The first kappa shape index (κ1) is 16.4. The molecule has 1 N–H and O–H groups in total. The number of carbonyl (C=O) groups is 1. The van der Waals surface area contributed by atoms with Gasteiger partial charge in [-0.3, -0.25) is 10.1 Å². The second kappa shape index (κ2) is 7.43. The maximum absolute atomic E-state index is 12.2. The van der Waals surface area contributed by atoms with Crippen molar-refractivity contribution in [2.75, 3.05) is 11.9 Å². The number of amides is 1. The summed E-state index contributed by atoms with van der Waals surface area (Å²) in [6.45, 7) is 2.53. The molecule has 0 aliphatic heterocycles. The maximum atomic E-state index is 12.2. The Labute approximate surface area is 152 Å². The molecule has 3 rings (SSSR count). The highest BCUT2D eigenvalue weighted by Crippen LogP contribution is 2.23. The van der Waals surface area contributed by atoms with Crippen LogP contribution in [0.5, 0.6) is 5.75 Å². The van der Waals surface area contributed by atoms with Gasteiger partial charge in [-0.05, 0) is 72.0 Å². The van der Waals surface area contributed by atoms with Gasteiger partial charge in [-0.25, -0.2) is 0 Å². The summed E-state index contributed by atoms with van der Waals surface area (Å²) in [5.41, 5.74) is 1.28. The summed E-state index contributed by atoms with van der Waals surface area (Å²) >= 11 is 2.15.